The van der Waals surface area contributed by atoms with Crippen LogP contribution in [0.25, 0.3) is 0 Å². The van der Waals surface area contributed by atoms with Gasteiger partial charge in [-0.1, -0.05) is 109 Å². The molecule has 0 aromatic heterocycles. The average molecular weight is 579 g/mol. The van der Waals surface area contributed by atoms with Gasteiger partial charge in [-0.05, 0) is 84.9 Å². The molecule has 204 valence electrons. The summed E-state index contributed by atoms with van der Waals surface area (Å²) in [6.07, 6.45) is 6.93. The van der Waals surface area contributed by atoms with Crippen LogP contribution in [-0.4, -0.2) is 12.3 Å². The Morgan fingerprint density at radius 1 is 0.262 bits per heavy atom. The minimum atomic E-state index is -1.93. The molecule has 2 heteroatoms. The minimum absolute atomic E-state index is 0.976. The Morgan fingerprint density at radius 2 is 0.429 bits per heavy atom. The van der Waals surface area contributed by atoms with Crippen LogP contribution in [0.5, 0.6) is 0 Å². The molecule has 0 bridgehead atoms. The maximum atomic E-state index is 2.49. The van der Waals surface area contributed by atoms with Gasteiger partial charge in [-0.15, -0.1) is 0 Å². The highest BCUT2D eigenvalue weighted by Gasteiger charge is 2.46. The van der Waals surface area contributed by atoms with Crippen LogP contribution in [0.3, 0.4) is 0 Å². The molecule has 6 aromatic carbocycles. The summed E-state index contributed by atoms with van der Waals surface area (Å²) in [6, 6.07) is 67.0. The topological polar surface area (TPSA) is 0 Å². The van der Waals surface area contributed by atoms with Crippen LogP contribution >= 0.6 is 14.5 Å². The summed E-state index contributed by atoms with van der Waals surface area (Å²) in [7, 11) is -3.85. The number of hydrogen-bond donors (Lipinski definition) is 0. The van der Waals surface area contributed by atoms with Gasteiger partial charge in [-0.25, -0.2) is 0 Å². The molecule has 0 spiro atoms. The number of benzene rings is 6. The quantitative estimate of drug-likeness (QED) is 0.116. The van der Waals surface area contributed by atoms with Crippen molar-refractivity contribution >= 4 is 46.4 Å². The van der Waals surface area contributed by atoms with Gasteiger partial charge in [0.15, 0.2) is 0 Å². The highest BCUT2D eigenvalue weighted by Crippen LogP contribution is 2.57. The maximum Gasteiger partial charge on any atom is 0.115 e. The van der Waals surface area contributed by atoms with Crippen molar-refractivity contribution in [3.8, 4) is 0 Å². The van der Waals surface area contributed by atoms with Crippen LogP contribution in [0, 0.1) is 0 Å². The fourth-order valence-electron chi connectivity index (χ4n) is 6.09. The normalized spacial score (nSPS) is 11.9. The first kappa shape index (κ1) is 28.1. The Balaban J connectivity index is 1.48. The molecule has 6 rings (SSSR count). The molecular weight excluding hydrogens is 542 g/mol. The lowest BCUT2D eigenvalue weighted by Crippen LogP contribution is -2.33. The lowest BCUT2D eigenvalue weighted by atomic mass is 10.4. The molecule has 0 atom stereocenters. The predicted octanol–water partition coefficient (Wildman–Crippen LogP) is 7.53. The molecule has 0 nitrogen and oxygen atoms in total. The van der Waals surface area contributed by atoms with E-state index in [4.69, 9.17) is 0 Å². The van der Waals surface area contributed by atoms with Crippen molar-refractivity contribution < 1.29 is 0 Å². The molecule has 0 saturated heterocycles. The Bertz CT molecular complexity index is 1360. The number of rotatable bonds is 10. The van der Waals surface area contributed by atoms with Gasteiger partial charge in [-0.3, -0.25) is 0 Å². The van der Waals surface area contributed by atoms with E-state index in [-0.39, 0.29) is 0 Å². The summed E-state index contributed by atoms with van der Waals surface area (Å²) in [5.41, 5.74) is 0. The van der Waals surface area contributed by atoms with E-state index in [9.17, 15) is 0 Å². The number of hydrogen-bond acceptors (Lipinski definition) is 0. The molecular formula is C40H36P2+2. The Morgan fingerprint density at radius 3 is 0.595 bits per heavy atom. The van der Waals surface area contributed by atoms with Gasteiger partial charge in [-0.2, -0.15) is 0 Å². The first-order valence-corrected chi connectivity index (χ1v) is 18.5. The average Bonchev–Trinajstić information content (AvgIpc) is 3.09. The molecule has 0 aliphatic carbocycles. The van der Waals surface area contributed by atoms with Crippen LogP contribution in [0.15, 0.2) is 194 Å². The van der Waals surface area contributed by atoms with Crippen molar-refractivity contribution in [3.05, 3.63) is 194 Å². The molecule has 0 fully saturated rings. The fourth-order valence-corrected chi connectivity index (χ4v) is 14.2. The molecule has 0 saturated carbocycles. The van der Waals surface area contributed by atoms with E-state index in [1.165, 1.54) is 31.8 Å². The molecule has 0 heterocycles. The van der Waals surface area contributed by atoms with E-state index in [2.05, 4.69) is 194 Å². The van der Waals surface area contributed by atoms with Gasteiger partial charge >= 0.3 is 0 Å². The SMILES string of the molecule is C(=C/C[P+](c1ccccc1)(c1ccccc1)c1ccccc1)/C[P+](c1ccccc1)(c1ccccc1)c1ccccc1. The Labute approximate surface area is 252 Å². The van der Waals surface area contributed by atoms with Gasteiger partial charge in [0.05, 0.1) is 12.3 Å². The first-order valence-electron chi connectivity index (χ1n) is 14.6. The van der Waals surface area contributed by atoms with Gasteiger partial charge in [0, 0.05) is 0 Å². The largest absolute Gasteiger partial charge is 0.115 e. The van der Waals surface area contributed by atoms with Crippen molar-refractivity contribution in [1.82, 2.24) is 0 Å². The Kier molecular flexibility index (Phi) is 8.86. The van der Waals surface area contributed by atoms with E-state index in [1.54, 1.807) is 0 Å². The zero-order valence-electron chi connectivity index (χ0n) is 23.8. The molecule has 0 aliphatic heterocycles. The summed E-state index contributed by atoms with van der Waals surface area (Å²) in [5.74, 6) is 0. The van der Waals surface area contributed by atoms with Crippen LogP contribution in [-0.2, 0) is 0 Å². The summed E-state index contributed by atoms with van der Waals surface area (Å²) in [4.78, 5) is 0. The van der Waals surface area contributed by atoms with Gasteiger partial charge in [0.2, 0.25) is 0 Å². The van der Waals surface area contributed by atoms with Crippen LogP contribution in [0.2, 0.25) is 0 Å². The second kappa shape index (κ2) is 13.3. The van der Waals surface area contributed by atoms with Crippen molar-refractivity contribution in [2.24, 2.45) is 0 Å². The zero-order valence-corrected chi connectivity index (χ0v) is 25.6. The zero-order chi connectivity index (χ0) is 28.5. The monoisotopic (exact) mass is 578 g/mol. The lowest BCUT2D eigenvalue weighted by molar-refractivity contribution is 1.59. The highest BCUT2D eigenvalue weighted by molar-refractivity contribution is 7.96. The van der Waals surface area contributed by atoms with Crippen LogP contribution in [0.4, 0.5) is 0 Å². The second-order valence-electron chi connectivity index (χ2n) is 10.5. The molecule has 0 aliphatic rings. The second-order valence-corrected chi connectivity index (χ2v) is 17.5. The minimum Gasteiger partial charge on any atom is -0.0620 e. The van der Waals surface area contributed by atoms with Crippen molar-refractivity contribution in [2.75, 3.05) is 12.3 Å². The van der Waals surface area contributed by atoms with Gasteiger partial charge in [0.25, 0.3) is 0 Å². The standard InChI is InChI=1S/C40H36P2/c1-7-21-35(22-8-1)41(36-23-9-2-10-24-36,37-25-11-3-12-26-37)33-19-20-34-42(38-27-13-4-14-28-38,39-29-15-5-16-30-39)40-31-17-6-18-32-40/h1-32H,33-34H2/q+2/b20-19-. The van der Waals surface area contributed by atoms with E-state index in [0.717, 1.165) is 12.3 Å². The third-order valence-corrected chi connectivity index (χ3v) is 16.7. The van der Waals surface area contributed by atoms with E-state index < -0.39 is 14.5 Å². The van der Waals surface area contributed by atoms with Gasteiger partial charge < -0.3 is 0 Å². The Hall–Kier alpha value is -4.08. The summed E-state index contributed by atoms with van der Waals surface area (Å²) in [6.45, 7) is 0. The lowest BCUT2D eigenvalue weighted by Gasteiger charge is -2.28. The van der Waals surface area contributed by atoms with Gasteiger partial charge in [0.1, 0.15) is 46.4 Å². The molecule has 0 radical (unpaired) electrons. The molecule has 0 unspecified atom stereocenters. The van der Waals surface area contributed by atoms with Crippen molar-refractivity contribution in [1.29, 1.82) is 0 Å². The first-order chi connectivity index (χ1) is 20.8. The number of allylic oxidation sites excluding steroid dienone is 2. The molecule has 6 aromatic rings. The van der Waals surface area contributed by atoms with Crippen LogP contribution in [0.1, 0.15) is 0 Å². The highest BCUT2D eigenvalue weighted by atomic mass is 31.2. The fraction of sp³-hybridized carbons (Fsp3) is 0.0500. The molecule has 42 heavy (non-hydrogen) atoms. The third-order valence-electron chi connectivity index (χ3n) is 8.11. The summed E-state index contributed by atoms with van der Waals surface area (Å²) < 4.78 is 0. The molecule has 0 N–H and O–H groups in total. The smallest absolute Gasteiger partial charge is 0.0620 e. The third kappa shape index (κ3) is 5.54. The maximum absolute atomic E-state index is 2.49. The predicted molar refractivity (Wildman–Crippen MR) is 189 cm³/mol. The molecule has 0 amide bonds. The van der Waals surface area contributed by atoms with E-state index >= 15 is 0 Å². The van der Waals surface area contributed by atoms with E-state index in [0.29, 0.717) is 0 Å². The van der Waals surface area contributed by atoms with Crippen LogP contribution < -0.4 is 31.8 Å². The summed E-state index contributed by atoms with van der Waals surface area (Å²) >= 11 is 0. The van der Waals surface area contributed by atoms with Crippen molar-refractivity contribution in [3.63, 3.8) is 0 Å². The van der Waals surface area contributed by atoms with E-state index in [1.807, 2.05) is 0 Å². The summed E-state index contributed by atoms with van der Waals surface area (Å²) in [5, 5.41) is 8.51. The van der Waals surface area contributed by atoms with Crippen molar-refractivity contribution in [2.45, 2.75) is 0 Å².